The zero-order valence-electron chi connectivity index (χ0n) is 17.6. The number of carbonyl (C=O) groups excluding carboxylic acids is 3. The predicted molar refractivity (Wildman–Crippen MR) is 119 cm³/mol. The van der Waals surface area contributed by atoms with Gasteiger partial charge in [0.2, 0.25) is 5.91 Å². The van der Waals surface area contributed by atoms with Crippen molar-refractivity contribution in [3.05, 3.63) is 59.7 Å². The Labute approximate surface area is 181 Å². The summed E-state index contributed by atoms with van der Waals surface area (Å²) in [5.74, 6) is -0.574. The van der Waals surface area contributed by atoms with Gasteiger partial charge in [0.05, 0.1) is 12.6 Å². The van der Waals surface area contributed by atoms with Gasteiger partial charge in [0, 0.05) is 42.2 Å². The minimum atomic E-state index is -0.244. The van der Waals surface area contributed by atoms with E-state index in [0.717, 1.165) is 25.1 Å². The molecule has 8 nitrogen and oxygen atoms in total. The molecule has 0 aromatic heterocycles. The molecule has 1 atom stereocenters. The molecule has 1 heterocycles. The summed E-state index contributed by atoms with van der Waals surface area (Å²) in [6.45, 7) is 3.71. The Balaban J connectivity index is 1.45. The number of hydrogen-bond acceptors (Lipinski definition) is 5. The van der Waals surface area contributed by atoms with Gasteiger partial charge in [-0.15, -0.1) is 0 Å². The fourth-order valence-electron chi connectivity index (χ4n) is 3.24. The Morgan fingerprint density at radius 2 is 1.74 bits per heavy atom. The standard InChI is InChI=1S/C23H28N4O4/c1-2-24-23(30)17-5-3-6-19(13-17)27-21(28)15-25-18-10-8-16(9-11-18)22(29)26-14-20-7-4-12-31-20/h3,5-6,8-11,13,20,25H,2,4,7,12,14-15H2,1H3,(H,24,30)(H,26,29)(H,27,28). The topological polar surface area (TPSA) is 109 Å². The summed E-state index contributed by atoms with van der Waals surface area (Å²) in [4.78, 5) is 36.4. The summed E-state index contributed by atoms with van der Waals surface area (Å²) >= 11 is 0. The van der Waals surface area contributed by atoms with Crippen molar-refractivity contribution < 1.29 is 19.1 Å². The van der Waals surface area contributed by atoms with Crippen LogP contribution in [-0.4, -0.2) is 50.1 Å². The SMILES string of the molecule is CCNC(=O)c1cccc(NC(=O)CNc2ccc(C(=O)NCC3CCCO3)cc2)c1. The van der Waals surface area contributed by atoms with Gasteiger partial charge in [-0.05, 0) is 62.2 Å². The number of benzene rings is 2. The molecule has 1 aliphatic heterocycles. The second-order valence-electron chi connectivity index (χ2n) is 7.26. The van der Waals surface area contributed by atoms with Crippen molar-refractivity contribution in [3.8, 4) is 0 Å². The quantitative estimate of drug-likeness (QED) is 0.494. The fourth-order valence-corrected chi connectivity index (χ4v) is 3.24. The molecule has 8 heteroatoms. The van der Waals surface area contributed by atoms with Crippen molar-refractivity contribution in [2.75, 3.05) is 36.9 Å². The average Bonchev–Trinajstić information content (AvgIpc) is 3.30. The molecular formula is C23H28N4O4. The minimum absolute atomic E-state index is 0.0515. The molecule has 0 bridgehead atoms. The van der Waals surface area contributed by atoms with Crippen LogP contribution in [0.5, 0.6) is 0 Å². The molecule has 2 aromatic carbocycles. The molecule has 0 saturated carbocycles. The van der Waals surface area contributed by atoms with E-state index in [2.05, 4.69) is 21.3 Å². The van der Waals surface area contributed by atoms with E-state index in [-0.39, 0.29) is 30.4 Å². The lowest BCUT2D eigenvalue weighted by Gasteiger charge is -2.11. The third-order valence-corrected chi connectivity index (χ3v) is 4.86. The zero-order valence-corrected chi connectivity index (χ0v) is 17.6. The van der Waals surface area contributed by atoms with Crippen LogP contribution in [0.2, 0.25) is 0 Å². The van der Waals surface area contributed by atoms with E-state index >= 15 is 0 Å². The maximum Gasteiger partial charge on any atom is 0.251 e. The number of ether oxygens (including phenoxy) is 1. The van der Waals surface area contributed by atoms with Crippen molar-refractivity contribution in [2.24, 2.45) is 0 Å². The fraction of sp³-hybridized carbons (Fsp3) is 0.348. The van der Waals surface area contributed by atoms with Crippen molar-refractivity contribution >= 4 is 29.1 Å². The maximum atomic E-state index is 12.2. The summed E-state index contributed by atoms with van der Waals surface area (Å²) in [6.07, 6.45) is 2.11. The van der Waals surface area contributed by atoms with Gasteiger partial charge in [-0.25, -0.2) is 0 Å². The lowest BCUT2D eigenvalue weighted by atomic mass is 10.2. The Hall–Kier alpha value is -3.39. The van der Waals surface area contributed by atoms with Crippen molar-refractivity contribution in [2.45, 2.75) is 25.9 Å². The highest BCUT2D eigenvalue weighted by atomic mass is 16.5. The summed E-state index contributed by atoms with van der Waals surface area (Å²) < 4.78 is 5.50. The number of carbonyl (C=O) groups is 3. The monoisotopic (exact) mass is 424 g/mol. The molecule has 164 valence electrons. The van der Waals surface area contributed by atoms with Crippen LogP contribution in [0.25, 0.3) is 0 Å². The highest BCUT2D eigenvalue weighted by Gasteiger charge is 2.16. The van der Waals surface area contributed by atoms with Gasteiger partial charge < -0.3 is 26.0 Å². The molecule has 3 amide bonds. The lowest BCUT2D eigenvalue weighted by molar-refractivity contribution is -0.114. The van der Waals surface area contributed by atoms with E-state index in [1.54, 1.807) is 48.5 Å². The minimum Gasteiger partial charge on any atom is -0.376 e. The first-order valence-corrected chi connectivity index (χ1v) is 10.5. The normalized spacial score (nSPS) is 15.2. The highest BCUT2D eigenvalue weighted by molar-refractivity contribution is 5.98. The van der Waals surface area contributed by atoms with E-state index < -0.39 is 0 Å². The molecule has 4 N–H and O–H groups in total. The molecule has 1 saturated heterocycles. The van der Waals surface area contributed by atoms with Crippen LogP contribution in [0.1, 0.15) is 40.5 Å². The van der Waals surface area contributed by atoms with Gasteiger partial charge in [-0.2, -0.15) is 0 Å². The van der Waals surface area contributed by atoms with Gasteiger partial charge in [0.25, 0.3) is 11.8 Å². The first kappa shape index (κ1) is 22.3. The second kappa shape index (κ2) is 11.1. The highest BCUT2D eigenvalue weighted by Crippen LogP contribution is 2.13. The number of nitrogens with one attached hydrogen (secondary N) is 4. The molecule has 0 radical (unpaired) electrons. The molecule has 3 rings (SSSR count). The first-order chi connectivity index (χ1) is 15.0. The van der Waals surface area contributed by atoms with Crippen LogP contribution in [0.3, 0.4) is 0 Å². The molecule has 1 fully saturated rings. The Kier molecular flexibility index (Phi) is 8.00. The molecule has 0 aliphatic carbocycles. The summed E-state index contributed by atoms with van der Waals surface area (Å²) in [5, 5.41) is 11.4. The van der Waals surface area contributed by atoms with Crippen LogP contribution in [0, 0.1) is 0 Å². The van der Waals surface area contributed by atoms with Gasteiger partial charge in [0.1, 0.15) is 0 Å². The smallest absolute Gasteiger partial charge is 0.251 e. The summed E-state index contributed by atoms with van der Waals surface area (Å²) in [5.41, 5.74) is 2.31. The largest absolute Gasteiger partial charge is 0.376 e. The number of hydrogen-bond donors (Lipinski definition) is 4. The van der Waals surface area contributed by atoms with Gasteiger partial charge in [-0.3, -0.25) is 14.4 Å². The van der Waals surface area contributed by atoms with Gasteiger partial charge in [-0.1, -0.05) is 6.07 Å². The Morgan fingerprint density at radius 1 is 0.968 bits per heavy atom. The van der Waals surface area contributed by atoms with Crippen molar-refractivity contribution in [1.82, 2.24) is 10.6 Å². The number of rotatable bonds is 9. The molecule has 1 aliphatic rings. The maximum absolute atomic E-state index is 12.2. The Morgan fingerprint density at radius 3 is 2.45 bits per heavy atom. The first-order valence-electron chi connectivity index (χ1n) is 10.5. The molecule has 1 unspecified atom stereocenters. The van der Waals surface area contributed by atoms with E-state index in [4.69, 9.17) is 4.74 Å². The van der Waals surface area contributed by atoms with Gasteiger partial charge in [0.15, 0.2) is 0 Å². The predicted octanol–water partition coefficient (Wildman–Crippen LogP) is 2.40. The summed E-state index contributed by atoms with van der Waals surface area (Å²) in [7, 11) is 0. The second-order valence-corrected chi connectivity index (χ2v) is 7.26. The zero-order chi connectivity index (χ0) is 22.1. The number of anilines is 2. The molecule has 31 heavy (non-hydrogen) atoms. The van der Waals surface area contributed by atoms with Crippen LogP contribution in [0.4, 0.5) is 11.4 Å². The van der Waals surface area contributed by atoms with E-state index in [0.29, 0.717) is 29.9 Å². The van der Waals surface area contributed by atoms with Crippen LogP contribution in [-0.2, 0) is 9.53 Å². The summed E-state index contributed by atoms with van der Waals surface area (Å²) in [6, 6.07) is 13.7. The van der Waals surface area contributed by atoms with Crippen molar-refractivity contribution in [1.29, 1.82) is 0 Å². The third-order valence-electron chi connectivity index (χ3n) is 4.86. The van der Waals surface area contributed by atoms with Gasteiger partial charge >= 0.3 is 0 Å². The van der Waals surface area contributed by atoms with E-state index in [1.807, 2.05) is 6.92 Å². The van der Waals surface area contributed by atoms with Crippen LogP contribution in [0.15, 0.2) is 48.5 Å². The molecular weight excluding hydrogens is 396 g/mol. The number of amides is 3. The Bertz CT molecular complexity index is 908. The third kappa shape index (κ3) is 6.82. The van der Waals surface area contributed by atoms with E-state index in [1.165, 1.54) is 0 Å². The van der Waals surface area contributed by atoms with E-state index in [9.17, 15) is 14.4 Å². The van der Waals surface area contributed by atoms with Crippen LogP contribution >= 0.6 is 0 Å². The lowest BCUT2D eigenvalue weighted by Crippen LogP contribution is -2.31. The van der Waals surface area contributed by atoms with Crippen LogP contribution < -0.4 is 21.3 Å². The molecule has 2 aromatic rings. The average molecular weight is 425 g/mol. The van der Waals surface area contributed by atoms with Crippen molar-refractivity contribution in [3.63, 3.8) is 0 Å². The molecule has 0 spiro atoms.